The van der Waals surface area contributed by atoms with Crippen molar-refractivity contribution in [2.24, 2.45) is 0 Å². The molecular weight excluding hydrogens is 312 g/mol. The van der Waals surface area contributed by atoms with Crippen molar-refractivity contribution < 1.29 is 9.47 Å². The van der Waals surface area contributed by atoms with E-state index >= 15 is 0 Å². The van der Waals surface area contributed by atoms with Crippen molar-refractivity contribution in [2.75, 3.05) is 14.2 Å². The van der Waals surface area contributed by atoms with Crippen molar-refractivity contribution >= 4 is 22.5 Å². The molecule has 0 saturated carbocycles. The van der Waals surface area contributed by atoms with Crippen LogP contribution in [0.1, 0.15) is 11.4 Å². The van der Waals surface area contributed by atoms with Gasteiger partial charge in [0.2, 0.25) is 0 Å². The minimum atomic E-state index is 0.489. The van der Waals surface area contributed by atoms with Crippen LogP contribution < -0.4 is 9.47 Å². The zero-order valence-corrected chi connectivity index (χ0v) is 13.8. The molecule has 0 N–H and O–H groups in total. The number of nitrogens with zero attached hydrogens (tertiary/aromatic N) is 2. The number of halogens is 1. The lowest BCUT2D eigenvalue weighted by atomic mass is 10.1. The topological polar surface area (TPSA) is 44.2 Å². The van der Waals surface area contributed by atoms with E-state index in [1.807, 2.05) is 42.5 Å². The van der Waals surface area contributed by atoms with Crippen LogP contribution in [0.4, 0.5) is 0 Å². The van der Waals surface area contributed by atoms with Crippen LogP contribution in [0.3, 0.4) is 0 Å². The quantitative estimate of drug-likeness (QED) is 0.662. The SMILES string of the molecule is COc1ccc(OC)c(CCc2nc(Cl)c3ccccc3n2)c1. The van der Waals surface area contributed by atoms with Gasteiger partial charge in [-0.3, -0.25) is 0 Å². The third-order valence-corrected chi connectivity index (χ3v) is 4.00. The standard InChI is InChI=1S/C18H17ClN2O2/c1-22-13-8-9-16(23-2)12(11-13)7-10-17-20-15-6-4-3-5-14(15)18(19)21-17/h3-6,8-9,11H,7,10H2,1-2H3. The summed E-state index contributed by atoms with van der Waals surface area (Å²) in [6.07, 6.45) is 1.42. The molecule has 0 aliphatic carbocycles. The van der Waals surface area contributed by atoms with E-state index in [9.17, 15) is 0 Å². The first kappa shape index (κ1) is 15.6. The lowest BCUT2D eigenvalue weighted by molar-refractivity contribution is 0.398. The maximum atomic E-state index is 6.25. The van der Waals surface area contributed by atoms with E-state index in [1.54, 1.807) is 14.2 Å². The average Bonchev–Trinajstić information content (AvgIpc) is 2.59. The monoisotopic (exact) mass is 328 g/mol. The Morgan fingerprint density at radius 1 is 0.957 bits per heavy atom. The molecule has 0 atom stereocenters. The smallest absolute Gasteiger partial charge is 0.140 e. The second-order valence-electron chi connectivity index (χ2n) is 5.13. The number of fused-ring (bicyclic) bond motifs is 1. The van der Waals surface area contributed by atoms with Crippen LogP contribution in [0.5, 0.6) is 11.5 Å². The molecule has 0 radical (unpaired) electrons. The van der Waals surface area contributed by atoms with Crippen LogP contribution in [0.25, 0.3) is 10.9 Å². The fourth-order valence-electron chi connectivity index (χ4n) is 2.52. The number of ether oxygens (including phenoxy) is 2. The molecule has 1 heterocycles. The molecule has 0 saturated heterocycles. The first-order valence-corrected chi connectivity index (χ1v) is 7.71. The largest absolute Gasteiger partial charge is 0.497 e. The fraction of sp³-hybridized carbons (Fsp3) is 0.222. The van der Waals surface area contributed by atoms with Gasteiger partial charge in [0.25, 0.3) is 0 Å². The molecule has 1 aromatic heterocycles. The Morgan fingerprint density at radius 2 is 1.78 bits per heavy atom. The van der Waals surface area contributed by atoms with Gasteiger partial charge in [-0.2, -0.15) is 0 Å². The van der Waals surface area contributed by atoms with E-state index in [2.05, 4.69) is 9.97 Å². The van der Waals surface area contributed by atoms with Gasteiger partial charge in [-0.1, -0.05) is 23.7 Å². The molecular formula is C18H17ClN2O2. The van der Waals surface area contributed by atoms with Crippen LogP contribution in [0.15, 0.2) is 42.5 Å². The highest BCUT2D eigenvalue weighted by molar-refractivity contribution is 6.34. The van der Waals surface area contributed by atoms with Gasteiger partial charge in [-0.05, 0) is 42.3 Å². The summed E-state index contributed by atoms with van der Waals surface area (Å²) >= 11 is 6.25. The van der Waals surface area contributed by atoms with Gasteiger partial charge >= 0.3 is 0 Å². The average molecular weight is 329 g/mol. The zero-order valence-electron chi connectivity index (χ0n) is 13.0. The molecule has 23 heavy (non-hydrogen) atoms. The molecule has 3 rings (SSSR count). The Kier molecular flexibility index (Phi) is 4.63. The highest BCUT2D eigenvalue weighted by Gasteiger charge is 2.09. The Bertz CT molecular complexity index is 836. The van der Waals surface area contributed by atoms with Crippen LogP contribution in [-0.2, 0) is 12.8 Å². The van der Waals surface area contributed by atoms with Crippen LogP contribution in [-0.4, -0.2) is 24.2 Å². The Morgan fingerprint density at radius 3 is 2.57 bits per heavy atom. The highest BCUT2D eigenvalue weighted by Crippen LogP contribution is 2.26. The Hall–Kier alpha value is -2.33. The molecule has 2 aromatic carbocycles. The molecule has 118 valence electrons. The van der Waals surface area contributed by atoms with E-state index < -0.39 is 0 Å². The first-order valence-electron chi connectivity index (χ1n) is 7.33. The lowest BCUT2D eigenvalue weighted by Gasteiger charge is -2.10. The predicted molar refractivity (Wildman–Crippen MR) is 91.5 cm³/mol. The number of hydrogen-bond donors (Lipinski definition) is 0. The van der Waals surface area contributed by atoms with Crippen molar-refractivity contribution in [3.63, 3.8) is 0 Å². The summed E-state index contributed by atoms with van der Waals surface area (Å²) in [5.41, 5.74) is 1.92. The molecule has 0 amide bonds. The van der Waals surface area contributed by atoms with Crippen molar-refractivity contribution in [3.8, 4) is 11.5 Å². The molecule has 0 aliphatic rings. The third kappa shape index (κ3) is 3.37. The van der Waals surface area contributed by atoms with E-state index in [0.29, 0.717) is 11.6 Å². The van der Waals surface area contributed by atoms with Gasteiger partial charge in [-0.15, -0.1) is 0 Å². The summed E-state index contributed by atoms with van der Waals surface area (Å²) in [5.74, 6) is 2.36. The minimum absolute atomic E-state index is 0.489. The number of hydrogen-bond acceptors (Lipinski definition) is 4. The van der Waals surface area contributed by atoms with Gasteiger partial charge in [0.1, 0.15) is 22.5 Å². The van der Waals surface area contributed by atoms with Crippen LogP contribution in [0.2, 0.25) is 5.15 Å². The van der Waals surface area contributed by atoms with E-state index in [1.165, 1.54) is 0 Å². The Labute approximate surface area is 140 Å². The maximum absolute atomic E-state index is 6.25. The number of para-hydroxylation sites is 1. The summed E-state index contributed by atoms with van der Waals surface area (Å²) in [6, 6.07) is 13.5. The van der Waals surface area contributed by atoms with E-state index in [0.717, 1.165) is 40.2 Å². The van der Waals surface area contributed by atoms with Gasteiger partial charge in [-0.25, -0.2) is 9.97 Å². The van der Waals surface area contributed by atoms with Gasteiger partial charge in [0.05, 0.1) is 19.7 Å². The second kappa shape index (κ2) is 6.84. The summed E-state index contributed by atoms with van der Waals surface area (Å²) in [4.78, 5) is 8.98. The van der Waals surface area contributed by atoms with Crippen molar-refractivity contribution in [1.82, 2.24) is 9.97 Å². The minimum Gasteiger partial charge on any atom is -0.497 e. The van der Waals surface area contributed by atoms with Crippen molar-refractivity contribution in [3.05, 3.63) is 59.0 Å². The molecule has 4 nitrogen and oxygen atoms in total. The lowest BCUT2D eigenvalue weighted by Crippen LogP contribution is -2.01. The summed E-state index contributed by atoms with van der Waals surface area (Å²) in [7, 11) is 3.31. The molecule has 5 heteroatoms. The third-order valence-electron chi connectivity index (χ3n) is 3.71. The van der Waals surface area contributed by atoms with E-state index in [4.69, 9.17) is 21.1 Å². The second-order valence-corrected chi connectivity index (χ2v) is 5.48. The van der Waals surface area contributed by atoms with Crippen molar-refractivity contribution in [1.29, 1.82) is 0 Å². The van der Waals surface area contributed by atoms with Crippen LogP contribution in [0, 0.1) is 0 Å². The molecule has 0 fully saturated rings. The first-order chi connectivity index (χ1) is 11.2. The molecule has 0 bridgehead atoms. The summed E-state index contributed by atoms with van der Waals surface area (Å²) < 4.78 is 10.7. The Balaban J connectivity index is 1.86. The number of rotatable bonds is 5. The number of methoxy groups -OCH3 is 2. The normalized spacial score (nSPS) is 10.7. The predicted octanol–water partition coefficient (Wildman–Crippen LogP) is 4.09. The molecule has 0 spiro atoms. The van der Waals surface area contributed by atoms with Crippen molar-refractivity contribution in [2.45, 2.75) is 12.8 Å². The number of aryl methyl sites for hydroxylation is 2. The zero-order chi connectivity index (χ0) is 16.2. The number of aromatic nitrogens is 2. The molecule has 0 unspecified atom stereocenters. The van der Waals surface area contributed by atoms with Crippen LogP contribution >= 0.6 is 11.6 Å². The molecule has 0 aliphatic heterocycles. The van der Waals surface area contributed by atoms with Gasteiger partial charge < -0.3 is 9.47 Å². The highest BCUT2D eigenvalue weighted by atomic mass is 35.5. The van der Waals surface area contributed by atoms with Gasteiger partial charge in [0.15, 0.2) is 0 Å². The van der Waals surface area contributed by atoms with E-state index in [-0.39, 0.29) is 0 Å². The summed E-state index contributed by atoms with van der Waals surface area (Å²) in [6.45, 7) is 0. The number of benzene rings is 2. The van der Waals surface area contributed by atoms with Gasteiger partial charge in [0, 0.05) is 11.8 Å². The fourth-order valence-corrected chi connectivity index (χ4v) is 2.78. The molecule has 3 aromatic rings. The summed E-state index contributed by atoms with van der Waals surface area (Å²) in [5, 5.41) is 1.36. The maximum Gasteiger partial charge on any atom is 0.140 e.